The van der Waals surface area contributed by atoms with Gasteiger partial charge >= 0.3 is 5.97 Å². The van der Waals surface area contributed by atoms with Gasteiger partial charge in [-0.2, -0.15) is 0 Å². The van der Waals surface area contributed by atoms with Gasteiger partial charge in [0.1, 0.15) is 6.04 Å². The summed E-state index contributed by atoms with van der Waals surface area (Å²) in [5.74, 6) is -0.747. The van der Waals surface area contributed by atoms with E-state index in [0.29, 0.717) is 13.1 Å². The summed E-state index contributed by atoms with van der Waals surface area (Å²) in [5, 5.41) is 5.56. The van der Waals surface area contributed by atoms with Crippen molar-refractivity contribution in [3.8, 4) is 0 Å². The number of nitrogens with one attached hydrogen (secondary N) is 2. The molecule has 0 radical (unpaired) electrons. The number of carbonyl (C=O) groups is 2. The van der Waals surface area contributed by atoms with Crippen molar-refractivity contribution < 1.29 is 14.3 Å². The van der Waals surface area contributed by atoms with Gasteiger partial charge in [-0.1, -0.05) is 6.07 Å². The molecule has 0 aliphatic heterocycles. The molecule has 1 aromatic heterocycles. The Balaban J connectivity index is 2.42. The lowest BCUT2D eigenvalue weighted by molar-refractivity contribution is -0.144. The summed E-state index contributed by atoms with van der Waals surface area (Å²) in [6, 6.07) is 4.91. The summed E-state index contributed by atoms with van der Waals surface area (Å²) >= 11 is 0. The average Bonchev–Trinajstić information content (AvgIpc) is 2.37. The Kier molecular flexibility index (Phi) is 5.79. The number of methoxy groups -OCH3 is 1. The predicted octanol–water partition coefficient (Wildman–Crippen LogP) is -0.151. The highest BCUT2D eigenvalue weighted by Gasteiger charge is 2.19. The number of aromatic nitrogens is 1. The molecule has 18 heavy (non-hydrogen) atoms. The zero-order chi connectivity index (χ0) is 13.4. The van der Waals surface area contributed by atoms with Gasteiger partial charge in [0.05, 0.1) is 12.8 Å². The van der Waals surface area contributed by atoms with Gasteiger partial charge < -0.3 is 15.4 Å². The van der Waals surface area contributed by atoms with E-state index in [1.807, 2.05) is 18.2 Å². The highest BCUT2D eigenvalue weighted by molar-refractivity contribution is 5.83. The molecule has 0 spiro atoms. The Labute approximate surface area is 106 Å². The molecule has 98 valence electrons. The van der Waals surface area contributed by atoms with E-state index >= 15 is 0 Å². The smallest absolute Gasteiger partial charge is 0.329 e. The first-order chi connectivity index (χ1) is 8.63. The summed E-state index contributed by atoms with van der Waals surface area (Å²) in [5.41, 5.74) is 0.865. The first-order valence-corrected chi connectivity index (χ1v) is 5.59. The zero-order valence-corrected chi connectivity index (χ0v) is 10.5. The number of ether oxygens (including phenoxy) is 1. The minimum atomic E-state index is -0.684. The van der Waals surface area contributed by atoms with Crippen molar-refractivity contribution in [2.75, 3.05) is 13.7 Å². The second kappa shape index (κ2) is 7.39. The third-order valence-electron chi connectivity index (χ3n) is 2.24. The number of carbonyl (C=O) groups excluding carboxylic acids is 2. The van der Waals surface area contributed by atoms with Crippen molar-refractivity contribution in [1.82, 2.24) is 15.6 Å². The van der Waals surface area contributed by atoms with Gasteiger partial charge in [-0.3, -0.25) is 9.78 Å². The summed E-state index contributed by atoms with van der Waals surface area (Å²) in [6.07, 6.45) is 1.70. The van der Waals surface area contributed by atoms with Crippen LogP contribution in [0.2, 0.25) is 0 Å². The standard InChI is InChI=1S/C12H17N3O3/c1-9(16)15-11(12(17)18-2)8-13-7-10-5-3-4-6-14-10/h3-6,11,13H,7-8H2,1-2H3,(H,15,16). The van der Waals surface area contributed by atoms with E-state index in [2.05, 4.69) is 20.4 Å². The highest BCUT2D eigenvalue weighted by Crippen LogP contribution is 1.93. The van der Waals surface area contributed by atoms with Crippen LogP contribution in [0.5, 0.6) is 0 Å². The SMILES string of the molecule is COC(=O)C(CNCc1ccccn1)NC(C)=O. The van der Waals surface area contributed by atoms with E-state index in [1.165, 1.54) is 14.0 Å². The summed E-state index contributed by atoms with van der Waals surface area (Å²) in [6.45, 7) is 2.17. The number of hydrogen-bond donors (Lipinski definition) is 2. The monoisotopic (exact) mass is 251 g/mol. The molecule has 1 aromatic rings. The molecule has 0 saturated heterocycles. The average molecular weight is 251 g/mol. The molecule has 0 aromatic carbocycles. The van der Waals surface area contributed by atoms with E-state index < -0.39 is 12.0 Å². The summed E-state index contributed by atoms with van der Waals surface area (Å²) in [7, 11) is 1.29. The van der Waals surface area contributed by atoms with Gasteiger partial charge in [-0.25, -0.2) is 4.79 Å². The van der Waals surface area contributed by atoms with Crippen LogP contribution in [0.3, 0.4) is 0 Å². The molecule has 0 fully saturated rings. The number of pyridine rings is 1. The normalized spacial score (nSPS) is 11.7. The second-order valence-electron chi connectivity index (χ2n) is 3.73. The summed E-state index contributed by atoms with van der Waals surface area (Å²) < 4.78 is 4.61. The Hall–Kier alpha value is -1.95. The van der Waals surface area contributed by atoms with Crippen molar-refractivity contribution in [3.63, 3.8) is 0 Å². The number of esters is 1. The molecule has 2 N–H and O–H groups in total. The number of amides is 1. The van der Waals surface area contributed by atoms with Crippen LogP contribution in [-0.4, -0.2) is 36.6 Å². The highest BCUT2D eigenvalue weighted by atomic mass is 16.5. The molecular weight excluding hydrogens is 234 g/mol. The van der Waals surface area contributed by atoms with Crippen molar-refractivity contribution in [2.24, 2.45) is 0 Å². The molecule has 1 rings (SSSR count). The molecule has 1 heterocycles. The third kappa shape index (κ3) is 4.92. The third-order valence-corrected chi connectivity index (χ3v) is 2.24. The van der Waals surface area contributed by atoms with Gasteiger partial charge in [0, 0.05) is 26.2 Å². The van der Waals surface area contributed by atoms with Crippen molar-refractivity contribution >= 4 is 11.9 Å². The van der Waals surface area contributed by atoms with Gasteiger partial charge in [-0.15, -0.1) is 0 Å². The Morgan fingerprint density at radius 3 is 2.78 bits per heavy atom. The van der Waals surface area contributed by atoms with Gasteiger partial charge in [0.2, 0.25) is 5.91 Å². The lowest BCUT2D eigenvalue weighted by Gasteiger charge is -2.15. The van der Waals surface area contributed by atoms with Crippen molar-refractivity contribution in [3.05, 3.63) is 30.1 Å². The van der Waals surface area contributed by atoms with Crippen LogP contribution in [0.15, 0.2) is 24.4 Å². The largest absolute Gasteiger partial charge is 0.467 e. The van der Waals surface area contributed by atoms with Crippen LogP contribution in [0.1, 0.15) is 12.6 Å². The molecule has 0 aliphatic rings. The molecule has 0 bridgehead atoms. The first kappa shape index (κ1) is 14.1. The Morgan fingerprint density at radius 1 is 1.44 bits per heavy atom. The van der Waals surface area contributed by atoms with Crippen molar-refractivity contribution in [1.29, 1.82) is 0 Å². The van der Waals surface area contributed by atoms with Crippen LogP contribution < -0.4 is 10.6 Å². The lowest BCUT2D eigenvalue weighted by Crippen LogP contribution is -2.47. The maximum atomic E-state index is 11.4. The van der Waals surface area contributed by atoms with Crippen LogP contribution in [0.4, 0.5) is 0 Å². The number of rotatable bonds is 6. The molecule has 1 unspecified atom stereocenters. The minimum Gasteiger partial charge on any atom is -0.467 e. The van der Waals surface area contributed by atoms with E-state index in [9.17, 15) is 9.59 Å². The minimum absolute atomic E-state index is 0.273. The van der Waals surface area contributed by atoms with Gasteiger partial charge in [0.15, 0.2) is 0 Å². The zero-order valence-electron chi connectivity index (χ0n) is 10.5. The molecule has 1 atom stereocenters. The van der Waals surface area contributed by atoms with Crippen LogP contribution in [-0.2, 0) is 20.9 Å². The van der Waals surface area contributed by atoms with E-state index in [4.69, 9.17) is 0 Å². The Bertz CT molecular complexity index is 395. The quantitative estimate of drug-likeness (QED) is 0.687. The summed E-state index contributed by atoms with van der Waals surface area (Å²) in [4.78, 5) is 26.5. The van der Waals surface area contributed by atoms with Crippen LogP contribution >= 0.6 is 0 Å². The molecule has 0 aliphatic carbocycles. The fourth-order valence-corrected chi connectivity index (χ4v) is 1.43. The van der Waals surface area contributed by atoms with Gasteiger partial charge in [-0.05, 0) is 12.1 Å². The molecular formula is C12H17N3O3. The molecule has 1 amide bonds. The van der Waals surface area contributed by atoms with E-state index in [-0.39, 0.29) is 5.91 Å². The maximum absolute atomic E-state index is 11.4. The molecule has 6 heteroatoms. The van der Waals surface area contributed by atoms with Crippen LogP contribution in [0.25, 0.3) is 0 Å². The number of hydrogen-bond acceptors (Lipinski definition) is 5. The maximum Gasteiger partial charge on any atom is 0.329 e. The molecule has 6 nitrogen and oxygen atoms in total. The number of nitrogens with zero attached hydrogens (tertiary/aromatic N) is 1. The van der Waals surface area contributed by atoms with Gasteiger partial charge in [0.25, 0.3) is 0 Å². The van der Waals surface area contributed by atoms with E-state index in [1.54, 1.807) is 6.20 Å². The topological polar surface area (TPSA) is 80.3 Å². The Morgan fingerprint density at radius 2 is 2.22 bits per heavy atom. The fourth-order valence-electron chi connectivity index (χ4n) is 1.43. The molecule has 0 saturated carbocycles. The predicted molar refractivity (Wildman–Crippen MR) is 65.6 cm³/mol. The fraction of sp³-hybridized carbons (Fsp3) is 0.417. The lowest BCUT2D eigenvalue weighted by atomic mass is 10.2. The second-order valence-corrected chi connectivity index (χ2v) is 3.73. The van der Waals surface area contributed by atoms with Crippen LogP contribution in [0, 0.1) is 0 Å². The first-order valence-electron chi connectivity index (χ1n) is 5.59. The van der Waals surface area contributed by atoms with E-state index in [0.717, 1.165) is 5.69 Å². The van der Waals surface area contributed by atoms with Crippen molar-refractivity contribution in [2.45, 2.75) is 19.5 Å².